The minimum Gasteiger partial charge on any atom is -0.338 e. The molecule has 0 aliphatic carbocycles. The van der Waals surface area contributed by atoms with Crippen LogP contribution >= 0.6 is 11.6 Å². The van der Waals surface area contributed by atoms with E-state index in [2.05, 4.69) is 15.8 Å². The molecule has 2 N–H and O–H groups in total. The van der Waals surface area contributed by atoms with Crippen LogP contribution in [0.4, 0.5) is 10.7 Å². The number of urea groups is 1. The number of nitrogens with zero attached hydrogens (tertiary/aromatic N) is 1. The molecule has 6 heteroatoms. The van der Waals surface area contributed by atoms with Crippen molar-refractivity contribution in [2.45, 2.75) is 6.54 Å². The monoisotopic (exact) mass is 251 g/mol. The number of hydrogen-bond acceptors (Lipinski definition) is 3. The van der Waals surface area contributed by atoms with Gasteiger partial charge in [0.1, 0.15) is 0 Å². The van der Waals surface area contributed by atoms with Gasteiger partial charge in [-0.25, -0.2) is 4.79 Å². The summed E-state index contributed by atoms with van der Waals surface area (Å²) in [7, 11) is 0. The maximum absolute atomic E-state index is 11.4. The number of hydrogen-bond donors (Lipinski definition) is 2. The lowest BCUT2D eigenvalue weighted by Crippen LogP contribution is -2.28. The van der Waals surface area contributed by atoms with E-state index in [1.54, 1.807) is 12.1 Å². The van der Waals surface area contributed by atoms with Gasteiger partial charge >= 0.3 is 6.03 Å². The highest BCUT2D eigenvalue weighted by Gasteiger charge is 2.05. The molecule has 0 fully saturated rings. The molecule has 2 amide bonds. The van der Waals surface area contributed by atoms with Crippen LogP contribution in [0.5, 0.6) is 0 Å². The molecule has 0 aliphatic rings. The molecule has 17 heavy (non-hydrogen) atoms. The molecular weight excluding hydrogens is 242 g/mol. The van der Waals surface area contributed by atoms with Crippen molar-refractivity contribution in [2.24, 2.45) is 0 Å². The van der Waals surface area contributed by atoms with Gasteiger partial charge in [-0.05, 0) is 11.6 Å². The van der Waals surface area contributed by atoms with Crippen molar-refractivity contribution in [1.29, 1.82) is 0 Å². The molecule has 1 aromatic heterocycles. The summed E-state index contributed by atoms with van der Waals surface area (Å²) in [6.07, 6.45) is 1.45. The van der Waals surface area contributed by atoms with Crippen molar-refractivity contribution in [3.63, 3.8) is 0 Å². The van der Waals surface area contributed by atoms with E-state index in [4.69, 9.17) is 16.1 Å². The number of halogens is 1. The second-order valence-corrected chi connectivity index (χ2v) is 3.68. The lowest BCUT2D eigenvalue weighted by molar-refractivity contribution is 0.251. The Hall–Kier alpha value is -2.01. The fourth-order valence-corrected chi connectivity index (χ4v) is 1.46. The van der Waals surface area contributed by atoms with E-state index in [0.29, 0.717) is 17.5 Å². The van der Waals surface area contributed by atoms with Gasteiger partial charge in [-0.3, -0.25) is 5.32 Å². The Bertz CT molecular complexity index is 499. The molecule has 5 nitrogen and oxygen atoms in total. The third-order valence-electron chi connectivity index (χ3n) is 2.07. The van der Waals surface area contributed by atoms with Crippen molar-refractivity contribution in [2.75, 3.05) is 5.32 Å². The predicted octanol–water partition coefficient (Wildman–Crippen LogP) is 2.65. The average Bonchev–Trinajstić information content (AvgIpc) is 2.81. The van der Waals surface area contributed by atoms with E-state index < -0.39 is 0 Å². The number of carbonyl (C=O) groups is 1. The van der Waals surface area contributed by atoms with E-state index in [0.717, 1.165) is 5.56 Å². The lowest BCUT2D eigenvalue weighted by Gasteiger charge is -2.06. The van der Waals surface area contributed by atoms with Crippen molar-refractivity contribution >= 4 is 23.5 Å². The summed E-state index contributed by atoms with van der Waals surface area (Å²) in [5.74, 6) is 0.293. The van der Waals surface area contributed by atoms with Crippen molar-refractivity contribution in [3.05, 3.63) is 47.1 Å². The molecule has 2 rings (SSSR count). The van der Waals surface area contributed by atoms with Crippen LogP contribution in [0.1, 0.15) is 5.56 Å². The van der Waals surface area contributed by atoms with Gasteiger partial charge < -0.3 is 9.84 Å². The predicted molar refractivity (Wildman–Crippen MR) is 63.8 cm³/mol. The highest BCUT2D eigenvalue weighted by Crippen LogP contribution is 2.14. The van der Waals surface area contributed by atoms with Crippen LogP contribution in [0.15, 0.2) is 41.1 Å². The Morgan fingerprint density at radius 3 is 2.88 bits per heavy atom. The Kier molecular flexibility index (Phi) is 3.62. The van der Waals surface area contributed by atoms with Crippen LogP contribution in [0.2, 0.25) is 5.02 Å². The maximum atomic E-state index is 11.4. The topological polar surface area (TPSA) is 67.2 Å². The van der Waals surface area contributed by atoms with E-state index in [1.807, 2.05) is 18.2 Å². The normalized spacial score (nSPS) is 9.94. The van der Waals surface area contributed by atoms with Gasteiger partial charge in [-0.15, -0.1) is 0 Å². The number of nitrogens with one attached hydrogen (secondary N) is 2. The van der Waals surface area contributed by atoms with Crippen molar-refractivity contribution in [1.82, 2.24) is 10.5 Å². The van der Waals surface area contributed by atoms with Crippen molar-refractivity contribution < 1.29 is 9.32 Å². The first-order valence-corrected chi connectivity index (χ1v) is 5.32. The molecule has 0 aliphatic heterocycles. The summed E-state index contributed by atoms with van der Waals surface area (Å²) >= 11 is 5.95. The zero-order valence-corrected chi connectivity index (χ0v) is 9.57. The van der Waals surface area contributed by atoms with E-state index in [1.165, 1.54) is 6.20 Å². The third-order valence-corrected chi connectivity index (χ3v) is 2.44. The molecular formula is C11H10ClN3O2. The van der Waals surface area contributed by atoms with Gasteiger partial charge in [0.05, 0.1) is 6.20 Å². The van der Waals surface area contributed by atoms with Gasteiger partial charge in [0.25, 0.3) is 0 Å². The standard InChI is InChI=1S/C11H10ClN3O2/c12-9-4-2-1-3-8(9)7-13-11(16)15-10-5-6-14-17-10/h1-6H,7H2,(H2,13,15,16). The quantitative estimate of drug-likeness (QED) is 0.881. The minimum atomic E-state index is -0.373. The lowest BCUT2D eigenvalue weighted by atomic mass is 10.2. The fraction of sp³-hybridized carbons (Fsp3) is 0.0909. The number of rotatable bonds is 3. The third kappa shape index (κ3) is 3.22. The van der Waals surface area contributed by atoms with Gasteiger partial charge in [-0.2, -0.15) is 0 Å². The summed E-state index contributed by atoms with van der Waals surface area (Å²) in [4.78, 5) is 11.4. The fourth-order valence-electron chi connectivity index (χ4n) is 1.25. The van der Waals surface area contributed by atoms with Crippen LogP contribution in [-0.2, 0) is 6.54 Å². The molecule has 0 spiro atoms. The average molecular weight is 252 g/mol. The molecule has 1 heterocycles. The number of benzene rings is 1. The van der Waals surface area contributed by atoms with Crippen LogP contribution in [-0.4, -0.2) is 11.2 Å². The zero-order valence-electron chi connectivity index (χ0n) is 8.81. The first kappa shape index (κ1) is 11.5. The number of anilines is 1. The second kappa shape index (κ2) is 5.36. The summed E-state index contributed by atoms with van der Waals surface area (Å²) in [6, 6.07) is 8.48. The van der Waals surface area contributed by atoms with Crippen LogP contribution in [0, 0.1) is 0 Å². The molecule has 0 saturated carbocycles. The Morgan fingerprint density at radius 2 is 2.18 bits per heavy atom. The molecule has 1 aromatic carbocycles. The Balaban J connectivity index is 1.86. The highest BCUT2D eigenvalue weighted by molar-refractivity contribution is 6.31. The number of carbonyl (C=O) groups excluding carboxylic acids is 1. The van der Waals surface area contributed by atoms with Gasteiger partial charge in [0, 0.05) is 17.6 Å². The molecule has 0 radical (unpaired) electrons. The molecule has 0 atom stereocenters. The van der Waals surface area contributed by atoms with Gasteiger partial charge in [0.2, 0.25) is 5.88 Å². The Labute approximate surface area is 103 Å². The molecule has 88 valence electrons. The van der Waals surface area contributed by atoms with Crippen LogP contribution in [0.3, 0.4) is 0 Å². The maximum Gasteiger partial charge on any atom is 0.321 e. The van der Waals surface area contributed by atoms with Crippen molar-refractivity contribution in [3.8, 4) is 0 Å². The van der Waals surface area contributed by atoms with Gasteiger partial charge in [-0.1, -0.05) is 35.0 Å². The zero-order chi connectivity index (χ0) is 12.1. The summed E-state index contributed by atoms with van der Waals surface area (Å²) in [6.45, 7) is 0.347. The highest BCUT2D eigenvalue weighted by atomic mass is 35.5. The van der Waals surface area contributed by atoms with Gasteiger partial charge in [0.15, 0.2) is 0 Å². The molecule has 0 saturated heterocycles. The minimum absolute atomic E-state index is 0.293. The largest absolute Gasteiger partial charge is 0.338 e. The number of aromatic nitrogens is 1. The second-order valence-electron chi connectivity index (χ2n) is 3.28. The molecule has 0 unspecified atom stereocenters. The summed E-state index contributed by atoms with van der Waals surface area (Å²) in [5, 5.41) is 9.23. The summed E-state index contributed by atoms with van der Waals surface area (Å²) in [5.41, 5.74) is 0.849. The Morgan fingerprint density at radius 1 is 1.35 bits per heavy atom. The van der Waals surface area contributed by atoms with E-state index in [9.17, 15) is 4.79 Å². The first-order chi connectivity index (χ1) is 8.25. The van der Waals surface area contributed by atoms with E-state index >= 15 is 0 Å². The van der Waals surface area contributed by atoms with Crippen LogP contribution < -0.4 is 10.6 Å². The van der Waals surface area contributed by atoms with E-state index in [-0.39, 0.29) is 6.03 Å². The number of amides is 2. The molecule has 0 bridgehead atoms. The molecule has 2 aromatic rings. The van der Waals surface area contributed by atoms with Crippen LogP contribution in [0.25, 0.3) is 0 Å². The first-order valence-electron chi connectivity index (χ1n) is 4.94. The summed E-state index contributed by atoms with van der Waals surface area (Å²) < 4.78 is 4.73. The SMILES string of the molecule is O=C(NCc1ccccc1Cl)Nc1ccno1. The smallest absolute Gasteiger partial charge is 0.321 e.